The minimum Gasteiger partial charge on any atom is -0.492 e. The number of nitrogens with one attached hydrogen (secondary N) is 3. The Morgan fingerprint density at radius 1 is 1.00 bits per heavy atom. The lowest BCUT2D eigenvalue weighted by molar-refractivity contribution is 0.130. The van der Waals surface area contributed by atoms with Gasteiger partial charge in [-0.3, -0.25) is 5.32 Å². The molecule has 0 aliphatic heterocycles. The smallest absolute Gasteiger partial charge is 0.240 e. The molecule has 0 amide bonds. The molecule has 0 saturated carbocycles. The first-order chi connectivity index (χ1) is 15.0. The number of fused-ring (bicyclic) bond motifs is 3. The van der Waals surface area contributed by atoms with Gasteiger partial charge in [-0.25, -0.2) is 13.1 Å². The third-order valence-electron chi connectivity index (χ3n) is 5.13. The molecule has 0 aliphatic carbocycles. The third kappa shape index (κ3) is 4.88. The van der Waals surface area contributed by atoms with Crippen LogP contribution in [0.4, 0.5) is 0 Å². The van der Waals surface area contributed by atoms with Crippen molar-refractivity contribution in [1.29, 1.82) is 0 Å². The Hall–Kier alpha value is -2.91. The Balaban J connectivity index is 1.30. The van der Waals surface area contributed by atoms with E-state index in [1.165, 1.54) is 18.5 Å². The lowest BCUT2D eigenvalue weighted by atomic mass is 10.1. The summed E-state index contributed by atoms with van der Waals surface area (Å²) in [4.78, 5) is 3.57. The van der Waals surface area contributed by atoms with Crippen molar-refractivity contribution in [2.45, 2.75) is 17.5 Å². The van der Waals surface area contributed by atoms with Crippen LogP contribution in [0.1, 0.15) is 5.56 Å². The highest BCUT2D eigenvalue weighted by Crippen LogP contribution is 2.28. The van der Waals surface area contributed by atoms with Gasteiger partial charge in [-0.1, -0.05) is 30.3 Å². The van der Waals surface area contributed by atoms with Crippen LogP contribution in [0.15, 0.2) is 71.6 Å². The van der Waals surface area contributed by atoms with Gasteiger partial charge < -0.3 is 14.8 Å². The van der Waals surface area contributed by atoms with Crippen LogP contribution in [0.3, 0.4) is 0 Å². The summed E-state index contributed by atoms with van der Waals surface area (Å²) in [5.74, 6) is 0.750. The van der Waals surface area contributed by atoms with Gasteiger partial charge in [0.2, 0.25) is 10.0 Å². The van der Waals surface area contributed by atoms with E-state index in [4.69, 9.17) is 4.74 Å². The average molecular weight is 440 g/mol. The first-order valence-electron chi connectivity index (χ1n) is 10.0. The average Bonchev–Trinajstić information content (AvgIpc) is 3.14. The first kappa shape index (κ1) is 21.3. The fourth-order valence-corrected chi connectivity index (χ4v) is 4.37. The molecule has 162 valence electrons. The van der Waals surface area contributed by atoms with Crippen molar-refractivity contribution < 1.29 is 18.3 Å². The van der Waals surface area contributed by atoms with Crippen LogP contribution in [0.2, 0.25) is 0 Å². The quantitative estimate of drug-likeness (QED) is 0.237. The monoisotopic (exact) mass is 439 g/mol. The van der Waals surface area contributed by atoms with Crippen LogP contribution in [-0.2, 0) is 16.4 Å². The molecule has 1 atom stereocenters. The highest BCUT2D eigenvalue weighted by Gasteiger charge is 2.13. The van der Waals surface area contributed by atoms with E-state index in [0.29, 0.717) is 13.2 Å². The topological polar surface area (TPSA) is 103 Å². The number of H-pyrrole nitrogens is 1. The summed E-state index contributed by atoms with van der Waals surface area (Å²) >= 11 is 0. The molecule has 3 aromatic carbocycles. The van der Waals surface area contributed by atoms with Gasteiger partial charge in [0, 0.05) is 35.3 Å². The Kier molecular flexibility index (Phi) is 6.24. The maximum Gasteiger partial charge on any atom is 0.240 e. The Morgan fingerprint density at radius 2 is 1.81 bits per heavy atom. The zero-order valence-corrected chi connectivity index (χ0v) is 17.9. The number of aromatic nitrogens is 1. The highest BCUT2D eigenvalue weighted by atomic mass is 32.2. The molecular formula is C23H25N3O4S. The minimum absolute atomic E-state index is 0.176. The first-order valence-corrected chi connectivity index (χ1v) is 11.5. The highest BCUT2D eigenvalue weighted by molar-refractivity contribution is 7.89. The number of aliphatic hydroxyl groups is 1. The molecule has 4 rings (SSSR count). The molecule has 1 aromatic heterocycles. The predicted molar refractivity (Wildman–Crippen MR) is 122 cm³/mol. The second-order valence-electron chi connectivity index (χ2n) is 7.26. The zero-order valence-electron chi connectivity index (χ0n) is 17.1. The van der Waals surface area contributed by atoms with E-state index in [-0.39, 0.29) is 11.3 Å². The van der Waals surface area contributed by atoms with E-state index in [0.717, 1.165) is 27.7 Å². The molecule has 4 aromatic rings. The van der Waals surface area contributed by atoms with Gasteiger partial charge in [0.15, 0.2) is 0 Å². The maximum atomic E-state index is 11.9. The van der Waals surface area contributed by atoms with Crippen molar-refractivity contribution in [3.63, 3.8) is 0 Å². The molecule has 1 unspecified atom stereocenters. The molecule has 0 spiro atoms. The van der Waals surface area contributed by atoms with Crippen LogP contribution >= 0.6 is 0 Å². The van der Waals surface area contributed by atoms with Crippen molar-refractivity contribution in [2.75, 3.05) is 20.2 Å². The Bertz CT molecular complexity index is 1300. The van der Waals surface area contributed by atoms with Gasteiger partial charge in [-0.05, 0) is 42.9 Å². The summed E-state index contributed by atoms with van der Waals surface area (Å²) in [6.07, 6.45) is -0.527. The summed E-state index contributed by atoms with van der Waals surface area (Å²) in [7, 11) is -2.14. The molecule has 0 aliphatic rings. The van der Waals surface area contributed by atoms with Crippen LogP contribution in [-0.4, -0.2) is 44.9 Å². The molecule has 0 radical (unpaired) electrons. The van der Waals surface area contributed by atoms with Crippen LogP contribution in [0, 0.1) is 0 Å². The van der Waals surface area contributed by atoms with Crippen LogP contribution < -0.4 is 14.8 Å². The van der Waals surface area contributed by atoms with Gasteiger partial charge in [-0.15, -0.1) is 0 Å². The number of ether oxygens (including phenoxy) is 1. The van der Waals surface area contributed by atoms with Crippen LogP contribution in [0.25, 0.3) is 21.8 Å². The molecule has 4 N–H and O–H groups in total. The van der Waals surface area contributed by atoms with Gasteiger partial charge in [0.25, 0.3) is 0 Å². The van der Waals surface area contributed by atoms with Gasteiger partial charge >= 0.3 is 0 Å². The molecule has 8 heteroatoms. The molecule has 0 saturated heterocycles. The number of sulfonamides is 1. The summed E-state index contributed by atoms with van der Waals surface area (Å²) < 4.78 is 31.9. The van der Waals surface area contributed by atoms with E-state index in [2.05, 4.69) is 21.1 Å². The Morgan fingerprint density at radius 3 is 2.65 bits per heavy atom. The second kappa shape index (κ2) is 9.07. The van der Waals surface area contributed by atoms with Crippen molar-refractivity contribution >= 4 is 31.8 Å². The predicted octanol–water partition coefficient (Wildman–Crippen LogP) is 2.76. The second-order valence-corrected chi connectivity index (χ2v) is 9.14. The van der Waals surface area contributed by atoms with E-state index >= 15 is 0 Å². The van der Waals surface area contributed by atoms with Crippen LogP contribution in [0.5, 0.6) is 5.75 Å². The summed E-state index contributed by atoms with van der Waals surface area (Å²) in [6, 6.07) is 20.6. The van der Waals surface area contributed by atoms with Crippen molar-refractivity contribution in [2.24, 2.45) is 0 Å². The molecular weight excluding hydrogens is 414 g/mol. The fourth-order valence-electron chi connectivity index (χ4n) is 3.57. The minimum atomic E-state index is -3.51. The van der Waals surface area contributed by atoms with E-state index in [1.54, 1.807) is 18.2 Å². The van der Waals surface area contributed by atoms with E-state index in [9.17, 15) is 13.5 Å². The fraction of sp³-hybridized carbons (Fsp3) is 0.217. The number of aromatic amines is 1. The van der Waals surface area contributed by atoms with E-state index in [1.807, 2.05) is 36.4 Å². The maximum absolute atomic E-state index is 11.9. The van der Waals surface area contributed by atoms with Crippen molar-refractivity contribution in [3.05, 3.63) is 72.3 Å². The van der Waals surface area contributed by atoms with Gasteiger partial charge in [0.1, 0.15) is 18.6 Å². The third-order valence-corrected chi connectivity index (χ3v) is 6.55. The number of aliphatic hydroxyl groups excluding tert-OH is 1. The lowest BCUT2D eigenvalue weighted by Crippen LogP contribution is -2.34. The number of rotatable bonds is 9. The van der Waals surface area contributed by atoms with Gasteiger partial charge in [-0.2, -0.15) is 0 Å². The summed E-state index contributed by atoms with van der Waals surface area (Å²) in [5, 5.41) is 15.6. The largest absolute Gasteiger partial charge is 0.492 e. The van der Waals surface area contributed by atoms with Crippen molar-refractivity contribution in [3.8, 4) is 5.75 Å². The zero-order chi connectivity index (χ0) is 21.8. The Labute approximate surface area is 181 Å². The normalized spacial score (nSPS) is 13.0. The lowest BCUT2D eigenvalue weighted by Gasteiger charge is -2.14. The molecule has 0 fully saturated rings. The number of benzene rings is 3. The molecule has 1 heterocycles. The van der Waals surface area contributed by atoms with Crippen molar-refractivity contribution in [1.82, 2.24) is 15.0 Å². The van der Waals surface area contributed by atoms with Gasteiger partial charge in [0.05, 0.1) is 10.4 Å². The number of para-hydroxylation sites is 1. The SMILES string of the molecule is CNS(=O)(=O)c1cccc(CC(O)NCCOc2ccc3c(c2)[nH]c2ccccc23)c1. The standard InChI is InChI=1S/C23H25N3O4S/c1-24-31(28,29)18-6-4-5-16(13-18)14-23(27)25-11-12-30-17-9-10-20-19-7-2-3-8-21(19)26-22(20)15-17/h2-10,13,15,23-27H,11-12,14H2,1H3. The van der Waals surface area contributed by atoms with E-state index < -0.39 is 16.3 Å². The molecule has 7 nitrogen and oxygen atoms in total. The molecule has 31 heavy (non-hydrogen) atoms. The molecule has 0 bridgehead atoms. The number of hydrogen-bond acceptors (Lipinski definition) is 5. The summed E-state index contributed by atoms with van der Waals surface area (Å²) in [5.41, 5.74) is 2.83. The summed E-state index contributed by atoms with van der Waals surface area (Å²) in [6.45, 7) is 0.831. The number of hydrogen-bond donors (Lipinski definition) is 4.